The van der Waals surface area contributed by atoms with Crippen molar-refractivity contribution in [3.05, 3.63) is 37.2 Å². The van der Waals surface area contributed by atoms with Crippen molar-refractivity contribution in [2.75, 3.05) is 0 Å². The molecule has 7 heteroatoms. The zero-order chi connectivity index (χ0) is 14.8. The second-order valence-corrected chi connectivity index (χ2v) is 4.78. The van der Waals surface area contributed by atoms with Crippen molar-refractivity contribution < 1.29 is 9.53 Å². The number of hydrogen-bond acceptors (Lipinski definition) is 5. The third-order valence-electron chi connectivity index (χ3n) is 3.05. The molecule has 3 aromatic heterocycles. The summed E-state index contributed by atoms with van der Waals surface area (Å²) in [6.45, 7) is 3.73. The van der Waals surface area contributed by atoms with E-state index in [-0.39, 0.29) is 12.1 Å². The SMILES string of the molecule is CC(=O)OC(C)Cn1cnc2c(-n3cccc3)ncnc21. The summed E-state index contributed by atoms with van der Waals surface area (Å²) in [5.74, 6) is 0.429. The standard InChI is InChI=1S/C14H15N5O2/c1-10(21-11(2)20)7-19-9-17-12-13(15-8-16-14(12)19)18-5-3-4-6-18/h3-6,8-10H,7H2,1-2H3. The number of fused-ring (bicyclic) bond motifs is 1. The van der Waals surface area contributed by atoms with Crippen LogP contribution in [0, 0.1) is 0 Å². The van der Waals surface area contributed by atoms with Crippen molar-refractivity contribution >= 4 is 17.1 Å². The molecule has 0 aliphatic rings. The van der Waals surface area contributed by atoms with Crippen LogP contribution >= 0.6 is 0 Å². The van der Waals surface area contributed by atoms with E-state index in [1.54, 1.807) is 6.33 Å². The average Bonchev–Trinajstić information content (AvgIpc) is 3.07. The minimum absolute atomic E-state index is 0.245. The lowest BCUT2D eigenvalue weighted by Crippen LogP contribution is -2.18. The summed E-state index contributed by atoms with van der Waals surface area (Å²) in [5.41, 5.74) is 1.43. The molecule has 3 aromatic rings. The molecule has 1 atom stereocenters. The molecule has 0 radical (unpaired) electrons. The van der Waals surface area contributed by atoms with Gasteiger partial charge in [-0.15, -0.1) is 0 Å². The Labute approximate surface area is 121 Å². The maximum Gasteiger partial charge on any atom is 0.302 e. The monoisotopic (exact) mass is 285 g/mol. The molecule has 0 saturated heterocycles. The molecule has 7 nitrogen and oxygen atoms in total. The van der Waals surface area contributed by atoms with Gasteiger partial charge in [0.2, 0.25) is 0 Å². The maximum absolute atomic E-state index is 11.0. The lowest BCUT2D eigenvalue weighted by Gasteiger charge is -2.12. The van der Waals surface area contributed by atoms with E-state index in [4.69, 9.17) is 4.74 Å². The molecule has 0 fully saturated rings. The number of imidazole rings is 1. The molecule has 3 rings (SSSR count). The molecular weight excluding hydrogens is 270 g/mol. The van der Waals surface area contributed by atoms with E-state index in [1.807, 2.05) is 40.6 Å². The number of rotatable bonds is 4. The van der Waals surface area contributed by atoms with Gasteiger partial charge in [-0.3, -0.25) is 4.79 Å². The molecule has 0 N–H and O–H groups in total. The van der Waals surface area contributed by atoms with Crippen LogP contribution in [0.4, 0.5) is 0 Å². The predicted octanol–water partition coefficient (Wildman–Crippen LogP) is 1.57. The van der Waals surface area contributed by atoms with Crippen LogP contribution in [-0.2, 0) is 16.1 Å². The highest BCUT2D eigenvalue weighted by Crippen LogP contribution is 2.17. The van der Waals surface area contributed by atoms with Crippen LogP contribution in [-0.4, -0.2) is 36.2 Å². The van der Waals surface area contributed by atoms with Gasteiger partial charge in [0.1, 0.15) is 12.4 Å². The normalized spacial score (nSPS) is 12.5. The van der Waals surface area contributed by atoms with Crippen molar-refractivity contribution in [2.24, 2.45) is 0 Å². The Morgan fingerprint density at radius 3 is 2.76 bits per heavy atom. The first-order valence-electron chi connectivity index (χ1n) is 6.61. The van der Waals surface area contributed by atoms with Gasteiger partial charge >= 0.3 is 5.97 Å². The van der Waals surface area contributed by atoms with E-state index in [9.17, 15) is 4.79 Å². The highest BCUT2D eigenvalue weighted by atomic mass is 16.5. The van der Waals surface area contributed by atoms with Crippen LogP contribution in [0.2, 0.25) is 0 Å². The Morgan fingerprint density at radius 2 is 2.05 bits per heavy atom. The fraction of sp³-hybridized carbons (Fsp3) is 0.286. The Bertz CT molecular complexity index is 763. The lowest BCUT2D eigenvalue weighted by molar-refractivity contribution is -0.145. The third kappa shape index (κ3) is 2.62. The zero-order valence-corrected chi connectivity index (χ0v) is 11.8. The second kappa shape index (κ2) is 5.35. The molecule has 108 valence electrons. The smallest absolute Gasteiger partial charge is 0.302 e. The number of carbonyl (C=O) groups excluding carboxylic acids is 1. The molecule has 0 bridgehead atoms. The highest BCUT2D eigenvalue weighted by Gasteiger charge is 2.14. The van der Waals surface area contributed by atoms with Gasteiger partial charge in [0.15, 0.2) is 17.0 Å². The van der Waals surface area contributed by atoms with Crippen molar-refractivity contribution in [1.29, 1.82) is 0 Å². The fourth-order valence-electron chi connectivity index (χ4n) is 2.26. The molecule has 0 spiro atoms. The Morgan fingerprint density at radius 1 is 1.29 bits per heavy atom. The van der Waals surface area contributed by atoms with Gasteiger partial charge in [-0.2, -0.15) is 0 Å². The third-order valence-corrected chi connectivity index (χ3v) is 3.05. The second-order valence-electron chi connectivity index (χ2n) is 4.78. The van der Waals surface area contributed by atoms with E-state index in [2.05, 4.69) is 15.0 Å². The summed E-state index contributed by atoms with van der Waals surface area (Å²) in [6, 6.07) is 3.85. The fourth-order valence-corrected chi connectivity index (χ4v) is 2.26. The van der Waals surface area contributed by atoms with Gasteiger partial charge in [-0.1, -0.05) is 0 Å². The number of carbonyl (C=O) groups is 1. The van der Waals surface area contributed by atoms with E-state index >= 15 is 0 Å². The van der Waals surface area contributed by atoms with E-state index in [0.29, 0.717) is 17.7 Å². The number of ether oxygens (including phenoxy) is 1. The Kier molecular flexibility index (Phi) is 3.39. The molecule has 0 aliphatic heterocycles. The number of hydrogen-bond donors (Lipinski definition) is 0. The Hall–Kier alpha value is -2.70. The molecule has 0 saturated carbocycles. The van der Waals surface area contributed by atoms with Gasteiger partial charge in [0.25, 0.3) is 0 Å². The topological polar surface area (TPSA) is 74.8 Å². The van der Waals surface area contributed by atoms with Crippen molar-refractivity contribution in [1.82, 2.24) is 24.1 Å². The molecule has 3 heterocycles. The molecule has 0 amide bonds. The summed E-state index contributed by atoms with van der Waals surface area (Å²) in [5, 5.41) is 0. The average molecular weight is 285 g/mol. The van der Waals surface area contributed by atoms with Crippen LogP contribution in [0.25, 0.3) is 17.0 Å². The van der Waals surface area contributed by atoms with Crippen molar-refractivity contribution in [3.63, 3.8) is 0 Å². The van der Waals surface area contributed by atoms with E-state index in [1.165, 1.54) is 13.3 Å². The zero-order valence-electron chi connectivity index (χ0n) is 11.8. The first kappa shape index (κ1) is 13.3. The van der Waals surface area contributed by atoms with Crippen LogP contribution in [0.5, 0.6) is 0 Å². The van der Waals surface area contributed by atoms with E-state index < -0.39 is 0 Å². The van der Waals surface area contributed by atoms with Gasteiger partial charge in [0.05, 0.1) is 12.9 Å². The van der Waals surface area contributed by atoms with Crippen molar-refractivity contribution in [2.45, 2.75) is 26.5 Å². The summed E-state index contributed by atoms with van der Waals surface area (Å²) in [7, 11) is 0. The van der Waals surface area contributed by atoms with Gasteiger partial charge in [-0.05, 0) is 19.1 Å². The van der Waals surface area contributed by atoms with Crippen molar-refractivity contribution in [3.8, 4) is 5.82 Å². The van der Waals surface area contributed by atoms with Crippen LogP contribution in [0.1, 0.15) is 13.8 Å². The van der Waals surface area contributed by atoms with Crippen LogP contribution in [0.3, 0.4) is 0 Å². The number of esters is 1. The number of nitrogens with zero attached hydrogens (tertiary/aromatic N) is 5. The molecule has 0 aromatic carbocycles. The van der Waals surface area contributed by atoms with Crippen LogP contribution < -0.4 is 0 Å². The van der Waals surface area contributed by atoms with Gasteiger partial charge < -0.3 is 13.9 Å². The minimum atomic E-state index is -0.297. The Balaban J connectivity index is 1.96. The summed E-state index contributed by atoms with van der Waals surface area (Å²) in [6.07, 6.45) is 6.76. The maximum atomic E-state index is 11.0. The molecule has 1 unspecified atom stereocenters. The van der Waals surface area contributed by atoms with Gasteiger partial charge in [-0.25, -0.2) is 15.0 Å². The molecule has 0 aliphatic carbocycles. The minimum Gasteiger partial charge on any atom is -0.461 e. The quantitative estimate of drug-likeness (QED) is 0.680. The molecular formula is C14H15N5O2. The predicted molar refractivity (Wildman–Crippen MR) is 75.9 cm³/mol. The van der Waals surface area contributed by atoms with E-state index in [0.717, 1.165) is 5.82 Å². The van der Waals surface area contributed by atoms with Gasteiger partial charge in [0, 0.05) is 19.3 Å². The lowest BCUT2D eigenvalue weighted by atomic mass is 10.4. The summed E-state index contributed by atoms with van der Waals surface area (Å²) in [4.78, 5) is 23.9. The summed E-state index contributed by atoms with van der Waals surface area (Å²) < 4.78 is 8.88. The largest absolute Gasteiger partial charge is 0.461 e. The summed E-state index contributed by atoms with van der Waals surface area (Å²) >= 11 is 0. The van der Waals surface area contributed by atoms with Crippen LogP contribution in [0.15, 0.2) is 37.2 Å². The first-order valence-corrected chi connectivity index (χ1v) is 6.61. The molecule has 21 heavy (non-hydrogen) atoms. The first-order chi connectivity index (χ1) is 10.1. The number of aromatic nitrogens is 5. The highest BCUT2D eigenvalue weighted by molar-refractivity contribution is 5.78.